The molecule has 0 aromatic carbocycles. The summed E-state index contributed by atoms with van der Waals surface area (Å²) in [5.41, 5.74) is -1.33. The van der Waals surface area contributed by atoms with Crippen LogP contribution in [-0.2, 0) is 9.47 Å². The van der Waals surface area contributed by atoms with Gasteiger partial charge in [-0.1, -0.05) is 0 Å². The summed E-state index contributed by atoms with van der Waals surface area (Å²) in [4.78, 5) is 0. The molecule has 0 amide bonds. The molecule has 0 aliphatic carbocycles. The summed E-state index contributed by atoms with van der Waals surface area (Å²) in [6.07, 6.45) is -2.88. The summed E-state index contributed by atoms with van der Waals surface area (Å²) < 4.78 is 9.95. The lowest BCUT2D eigenvalue weighted by Crippen LogP contribution is -2.39. The highest BCUT2D eigenvalue weighted by Gasteiger charge is 2.51. The smallest absolute Gasteiger partial charge is 0.180 e. The summed E-state index contributed by atoms with van der Waals surface area (Å²) in [6.45, 7) is 1.60. The van der Waals surface area contributed by atoms with Gasteiger partial charge in [-0.05, 0) is 6.92 Å². The molecule has 74 valence electrons. The fourth-order valence-electron chi connectivity index (χ4n) is 1.37. The molecule has 1 fully saturated rings. The largest absolute Gasteiger partial charge is 0.387 e. The second kappa shape index (κ2) is 3.60. The van der Waals surface area contributed by atoms with Gasteiger partial charge in [0.15, 0.2) is 5.60 Å². The van der Waals surface area contributed by atoms with Gasteiger partial charge in [0.05, 0.1) is 6.61 Å². The van der Waals surface area contributed by atoms with Crippen molar-refractivity contribution in [2.45, 2.75) is 30.8 Å². The Bertz CT molecular complexity index is 227. The van der Waals surface area contributed by atoms with Crippen molar-refractivity contribution in [3.05, 3.63) is 0 Å². The molecule has 0 radical (unpaired) electrons. The molecule has 1 rings (SSSR count). The van der Waals surface area contributed by atoms with Crippen LogP contribution >= 0.6 is 0 Å². The van der Waals surface area contributed by atoms with E-state index >= 15 is 0 Å². The lowest BCUT2D eigenvalue weighted by atomic mass is 9.98. The molecule has 0 bridgehead atoms. The van der Waals surface area contributed by atoms with Gasteiger partial charge in [0, 0.05) is 7.11 Å². The number of ether oxygens (including phenoxy) is 2. The van der Waals surface area contributed by atoms with E-state index in [1.54, 1.807) is 0 Å². The normalized spacial score (nSPS) is 44.7. The highest BCUT2D eigenvalue weighted by molar-refractivity contribution is 5.12. The minimum Gasteiger partial charge on any atom is -0.387 e. The van der Waals surface area contributed by atoms with Crippen molar-refractivity contribution in [2.75, 3.05) is 13.7 Å². The molecular formula is C8H13NO4. The van der Waals surface area contributed by atoms with Crippen LogP contribution in [0.15, 0.2) is 0 Å². The van der Waals surface area contributed by atoms with E-state index in [2.05, 4.69) is 0 Å². The predicted octanol–water partition coefficient (Wildman–Crippen LogP) is -0.964. The number of nitrogens with zero attached hydrogens (tertiary/aromatic N) is 1. The molecule has 0 saturated carbocycles. The highest BCUT2D eigenvalue weighted by Crippen LogP contribution is 2.30. The zero-order valence-electron chi connectivity index (χ0n) is 7.60. The Morgan fingerprint density at radius 1 is 1.62 bits per heavy atom. The second-order valence-corrected chi connectivity index (χ2v) is 3.27. The van der Waals surface area contributed by atoms with Gasteiger partial charge in [-0.2, -0.15) is 5.26 Å². The Labute approximate surface area is 76.5 Å². The molecule has 0 aromatic heterocycles. The average molecular weight is 187 g/mol. The molecule has 4 atom stereocenters. The zero-order chi connectivity index (χ0) is 10.1. The van der Waals surface area contributed by atoms with Gasteiger partial charge in [-0.25, -0.2) is 0 Å². The first kappa shape index (κ1) is 10.4. The third kappa shape index (κ3) is 1.67. The first-order valence-corrected chi connectivity index (χ1v) is 3.99. The van der Waals surface area contributed by atoms with Crippen molar-refractivity contribution in [2.24, 2.45) is 0 Å². The van der Waals surface area contributed by atoms with E-state index in [4.69, 9.17) is 14.7 Å². The molecule has 0 spiro atoms. The minimum absolute atomic E-state index is 0.162. The van der Waals surface area contributed by atoms with Gasteiger partial charge in [-0.15, -0.1) is 0 Å². The Balaban J connectivity index is 2.73. The minimum atomic E-state index is -1.33. The Morgan fingerprint density at radius 3 is 2.62 bits per heavy atom. The van der Waals surface area contributed by atoms with Crippen molar-refractivity contribution in [1.82, 2.24) is 0 Å². The maximum Gasteiger partial charge on any atom is 0.180 e. The van der Waals surface area contributed by atoms with E-state index in [0.29, 0.717) is 0 Å². The number of aliphatic hydroxyl groups excluding tert-OH is 2. The number of nitriles is 1. The number of hydrogen-bond donors (Lipinski definition) is 2. The van der Waals surface area contributed by atoms with Crippen LogP contribution in [0, 0.1) is 11.3 Å². The summed E-state index contributed by atoms with van der Waals surface area (Å²) in [6, 6.07) is 1.82. The van der Waals surface area contributed by atoms with Crippen LogP contribution in [-0.4, -0.2) is 47.8 Å². The van der Waals surface area contributed by atoms with Gasteiger partial charge < -0.3 is 19.7 Å². The van der Waals surface area contributed by atoms with Gasteiger partial charge >= 0.3 is 0 Å². The summed E-state index contributed by atoms with van der Waals surface area (Å²) in [7, 11) is 1.46. The monoisotopic (exact) mass is 187 g/mol. The number of methoxy groups -OCH3 is 1. The first-order chi connectivity index (χ1) is 6.05. The van der Waals surface area contributed by atoms with E-state index in [1.165, 1.54) is 14.0 Å². The molecular weight excluding hydrogens is 174 g/mol. The van der Waals surface area contributed by atoms with Crippen LogP contribution in [0.1, 0.15) is 6.92 Å². The second-order valence-electron chi connectivity index (χ2n) is 3.27. The SMILES string of the molecule is COC[C@H]1O[C@](C)(C#N)[C@H](O)[C@@H]1O. The molecule has 1 aliphatic heterocycles. The maximum absolute atomic E-state index is 9.46. The van der Waals surface area contributed by atoms with Crippen molar-refractivity contribution in [3.8, 4) is 6.07 Å². The molecule has 5 nitrogen and oxygen atoms in total. The predicted molar refractivity (Wildman–Crippen MR) is 42.8 cm³/mol. The standard InChI is InChI=1S/C8H13NO4/c1-8(4-9)7(11)6(10)5(13-8)3-12-2/h5-7,10-11H,3H2,1-2H3/t5-,6-,7-,8-/m1/s1. The number of hydrogen-bond acceptors (Lipinski definition) is 5. The third-order valence-electron chi connectivity index (χ3n) is 2.22. The highest BCUT2D eigenvalue weighted by atomic mass is 16.6. The van der Waals surface area contributed by atoms with Crippen molar-refractivity contribution in [3.63, 3.8) is 0 Å². The lowest BCUT2D eigenvalue weighted by Gasteiger charge is -2.18. The van der Waals surface area contributed by atoms with E-state index in [-0.39, 0.29) is 6.61 Å². The zero-order valence-corrected chi connectivity index (χ0v) is 7.60. The molecule has 1 heterocycles. The third-order valence-corrected chi connectivity index (χ3v) is 2.22. The van der Waals surface area contributed by atoms with E-state index in [9.17, 15) is 10.2 Å². The van der Waals surface area contributed by atoms with Crippen molar-refractivity contribution < 1.29 is 19.7 Å². The van der Waals surface area contributed by atoms with Crippen LogP contribution in [0.25, 0.3) is 0 Å². The maximum atomic E-state index is 9.46. The fourth-order valence-corrected chi connectivity index (χ4v) is 1.37. The molecule has 1 aliphatic rings. The molecule has 1 saturated heterocycles. The van der Waals surface area contributed by atoms with Gasteiger partial charge in [-0.3, -0.25) is 0 Å². The Kier molecular flexibility index (Phi) is 2.88. The Morgan fingerprint density at radius 2 is 2.23 bits per heavy atom. The van der Waals surface area contributed by atoms with Crippen LogP contribution in [0.4, 0.5) is 0 Å². The quantitative estimate of drug-likeness (QED) is 0.581. The van der Waals surface area contributed by atoms with E-state index < -0.39 is 23.9 Å². The van der Waals surface area contributed by atoms with Gasteiger partial charge in [0.2, 0.25) is 0 Å². The fraction of sp³-hybridized carbons (Fsp3) is 0.875. The molecule has 13 heavy (non-hydrogen) atoms. The van der Waals surface area contributed by atoms with Gasteiger partial charge in [0.25, 0.3) is 0 Å². The van der Waals surface area contributed by atoms with Gasteiger partial charge in [0.1, 0.15) is 24.4 Å². The first-order valence-electron chi connectivity index (χ1n) is 3.99. The number of aliphatic hydroxyl groups is 2. The van der Waals surface area contributed by atoms with Crippen LogP contribution < -0.4 is 0 Å². The van der Waals surface area contributed by atoms with Crippen molar-refractivity contribution >= 4 is 0 Å². The van der Waals surface area contributed by atoms with E-state index in [0.717, 1.165) is 0 Å². The topological polar surface area (TPSA) is 82.7 Å². The van der Waals surface area contributed by atoms with Crippen LogP contribution in [0.2, 0.25) is 0 Å². The summed E-state index contributed by atoms with van der Waals surface area (Å²) in [5.74, 6) is 0. The van der Waals surface area contributed by atoms with Crippen LogP contribution in [0.5, 0.6) is 0 Å². The average Bonchev–Trinajstić information content (AvgIpc) is 2.33. The number of rotatable bonds is 2. The molecule has 2 N–H and O–H groups in total. The van der Waals surface area contributed by atoms with Crippen molar-refractivity contribution in [1.29, 1.82) is 5.26 Å². The molecule has 0 unspecified atom stereocenters. The molecule has 5 heteroatoms. The van der Waals surface area contributed by atoms with E-state index in [1.807, 2.05) is 6.07 Å². The summed E-state index contributed by atoms with van der Waals surface area (Å²) in [5, 5.41) is 27.6. The lowest BCUT2D eigenvalue weighted by molar-refractivity contribution is -0.0544. The molecule has 0 aromatic rings. The Hall–Kier alpha value is -0.670. The van der Waals surface area contributed by atoms with Crippen LogP contribution in [0.3, 0.4) is 0 Å². The summed E-state index contributed by atoms with van der Waals surface area (Å²) >= 11 is 0.